The van der Waals surface area contributed by atoms with Gasteiger partial charge in [-0.2, -0.15) is 0 Å². The van der Waals surface area contributed by atoms with Gasteiger partial charge in [0.2, 0.25) is 0 Å². The Kier molecular flexibility index (Phi) is 3.62. The lowest BCUT2D eigenvalue weighted by molar-refractivity contribution is 1.04. The van der Waals surface area contributed by atoms with Gasteiger partial charge in [-0.05, 0) is 6.42 Å². The smallest absolute Gasteiger partial charge is 0.182 e. The van der Waals surface area contributed by atoms with Gasteiger partial charge in [0.15, 0.2) is 5.13 Å². The largest absolute Gasteiger partial charge is 0.361 e. The van der Waals surface area contributed by atoms with Crippen molar-refractivity contribution in [2.24, 2.45) is 0 Å². The summed E-state index contributed by atoms with van der Waals surface area (Å²) in [6.07, 6.45) is 6.86. The maximum absolute atomic E-state index is 5.12. The van der Waals surface area contributed by atoms with Crippen LogP contribution >= 0.6 is 11.3 Å². The first-order valence-electron chi connectivity index (χ1n) is 3.98. The molecule has 3 heteroatoms. The second kappa shape index (κ2) is 4.78. The average Bonchev–Trinajstić information content (AvgIpc) is 2.53. The lowest BCUT2D eigenvalue weighted by atomic mass is 10.4. The highest BCUT2D eigenvalue weighted by molar-refractivity contribution is 7.13. The average molecular weight is 180 g/mol. The number of aryl methyl sites for hydroxylation is 1. The second-order valence-electron chi connectivity index (χ2n) is 2.38. The zero-order chi connectivity index (χ0) is 8.81. The fourth-order valence-electron chi connectivity index (χ4n) is 0.792. The summed E-state index contributed by atoms with van der Waals surface area (Å²) in [5, 5.41) is 6.21. The van der Waals surface area contributed by atoms with E-state index in [0.717, 1.165) is 30.2 Å². The number of anilines is 1. The molecule has 0 saturated heterocycles. The minimum atomic E-state index is 0.751. The zero-order valence-electron chi connectivity index (χ0n) is 7.13. The van der Waals surface area contributed by atoms with Crippen molar-refractivity contribution in [3.05, 3.63) is 11.1 Å². The van der Waals surface area contributed by atoms with Gasteiger partial charge in [0.25, 0.3) is 0 Å². The highest BCUT2D eigenvalue weighted by Gasteiger charge is 1.97. The van der Waals surface area contributed by atoms with Crippen LogP contribution in [0.3, 0.4) is 0 Å². The van der Waals surface area contributed by atoms with E-state index in [1.807, 2.05) is 0 Å². The molecule has 0 unspecified atom stereocenters. The molecule has 0 radical (unpaired) electrons. The highest BCUT2D eigenvalue weighted by atomic mass is 32.1. The van der Waals surface area contributed by atoms with Crippen molar-refractivity contribution in [2.45, 2.75) is 19.8 Å². The number of nitrogens with zero attached hydrogens (tertiary/aromatic N) is 1. The number of thiazole rings is 1. The van der Waals surface area contributed by atoms with Gasteiger partial charge >= 0.3 is 0 Å². The SMILES string of the molecule is C#CCCNc1nc(CC)cs1. The van der Waals surface area contributed by atoms with E-state index in [-0.39, 0.29) is 0 Å². The van der Waals surface area contributed by atoms with E-state index in [9.17, 15) is 0 Å². The van der Waals surface area contributed by atoms with Crippen molar-refractivity contribution < 1.29 is 0 Å². The molecule has 0 spiro atoms. The molecular formula is C9H12N2S. The summed E-state index contributed by atoms with van der Waals surface area (Å²) in [4.78, 5) is 4.34. The Bertz CT molecular complexity index is 272. The molecule has 0 fully saturated rings. The molecule has 0 aliphatic carbocycles. The van der Waals surface area contributed by atoms with Crippen LogP contribution in [-0.4, -0.2) is 11.5 Å². The molecule has 0 aliphatic heterocycles. The molecule has 0 saturated carbocycles. The number of hydrogen-bond donors (Lipinski definition) is 1. The van der Waals surface area contributed by atoms with Gasteiger partial charge in [-0.15, -0.1) is 23.7 Å². The van der Waals surface area contributed by atoms with Crippen LogP contribution in [0.15, 0.2) is 5.38 Å². The van der Waals surface area contributed by atoms with Crippen molar-refractivity contribution in [1.82, 2.24) is 4.98 Å². The Balaban J connectivity index is 2.37. The van der Waals surface area contributed by atoms with Crippen LogP contribution in [-0.2, 0) is 6.42 Å². The quantitative estimate of drug-likeness (QED) is 0.567. The van der Waals surface area contributed by atoms with E-state index < -0.39 is 0 Å². The first-order valence-corrected chi connectivity index (χ1v) is 4.86. The number of aromatic nitrogens is 1. The molecule has 1 aromatic heterocycles. The van der Waals surface area contributed by atoms with Crippen LogP contribution in [0.2, 0.25) is 0 Å². The molecular weight excluding hydrogens is 168 g/mol. The summed E-state index contributed by atoms with van der Waals surface area (Å²) < 4.78 is 0. The number of nitrogens with one attached hydrogen (secondary N) is 1. The van der Waals surface area contributed by atoms with Gasteiger partial charge in [-0.3, -0.25) is 0 Å². The summed E-state index contributed by atoms with van der Waals surface area (Å²) >= 11 is 1.63. The van der Waals surface area contributed by atoms with Crippen molar-refractivity contribution in [2.75, 3.05) is 11.9 Å². The molecule has 0 amide bonds. The third-order valence-electron chi connectivity index (χ3n) is 1.46. The van der Waals surface area contributed by atoms with Crippen molar-refractivity contribution in [3.8, 4) is 12.3 Å². The van der Waals surface area contributed by atoms with E-state index in [1.165, 1.54) is 0 Å². The Morgan fingerprint density at radius 1 is 1.75 bits per heavy atom. The topological polar surface area (TPSA) is 24.9 Å². The molecule has 0 aromatic carbocycles. The molecule has 0 bridgehead atoms. The Hall–Kier alpha value is -1.01. The lowest BCUT2D eigenvalue weighted by Gasteiger charge is -1.96. The lowest BCUT2D eigenvalue weighted by Crippen LogP contribution is -1.99. The maximum atomic E-state index is 5.12. The van der Waals surface area contributed by atoms with E-state index in [2.05, 4.69) is 28.5 Å². The molecule has 1 rings (SSSR count). The van der Waals surface area contributed by atoms with Crippen LogP contribution < -0.4 is 5.32 Å². The van der Waals surface area contributed by atoms with Crippen molar-refractivity contribution in [1.29, 1.82) is 0 Å². The monoisotopic (exact) mass is 180 g/mol. The molecule has 0 atom stereocenters. The number of rotatable bonds is 4. The third kappa shape index (κ3) is 2.55. The summed E-state index contributed by atoms with van der Waals surface area (Å²) in [5.41, 5.74) is 1.14. The standard InChI is InChI=1S/C9H12N2S/c1-3-5-6-10-9-11-8(4-2)7-12-9/h1,7H,4-6H2,2H3,(H,10,11). The van der Waals surface area contributed by atoms with E-state index >= 15 is 0 Å². The van der Waals surface area contributed by atoms with Crippen molar-refractivity contribution in [3.63, 3.8) is 0 Å². The van der Waals surface area contributed by atoms with Gasteiger partial charge in [0, 0.05) is 18.3 Å². The summed E-state index contributed by atoms with van der Waals surface area (Å²) in [5.74, 6) is 2.57. The fraction of sp³-hybridized carbons (Fsp3) is 0.444. The van der Waals surface area contributed by atoms with Crippen LogP contribution in [0.4, 0.5) is 5.13 Å². The summed E-state index contributed by atoms with van der Waals surface area (Å²) in [6, 6.07) is 0. The van der Waals surface area contributed by atoms with Gasteiger partial charge in [-0.25, -0.2) is 4.98 Å². The van der Waals surface area contributed by atoms with Crippen LogP contribution in [0.5, 0.6) is 0 Å². The Morgan fingerprint density at radius 2 is 2.58 bits per heavy atom. The van der Waals surface area contributed by atoms with Crippen LogP contribution in [0.25, 0.3) is 0 Å². The van der Waals surface area contributed by atoms with E-state index in [0.29, 0.717) is 0 Å². The minimum Gasteiger partial charge on any atom is -0.361 e. The predicted molar refractivity (Wildman–Crippen MR) is 53.4 cm³/mol. The number of terminal acetylenes is 1. The van der Waals surface area contributed by atoms with Gasteiger partial charge < -0.3 is 5.32 Å². The van der Waals surface area contributed by atoms with Crippen molar-refractivity contribution >= 4 is 16.5 Å². The molecule has 1 N–H and O–H groups in total. The Morgan fingerprint density at radius 3 is 3.17 bits per heavy atom. The minimum absolute atomic E-state index is 0.751. The normalized spacial score (nSPS) is 9.33. The van der Waals surface area contributed by atoms with Crippen LogP contribution in [0, 0.1) is 12.3 Å². The van der Waals surface area contributed by atoms with Gasteiger partial charge in [-0.1, -0.05) is 6.92 Å². The van der Waals surface area contributed by atoms with Gasteiger partial charge in [0.1, 0.15) is 0 Å². The van der Waals surface area contributed by atoms with E-state index in [4.69, 9.17) is 6.42 Å². The molecule has 1 heterocycles. The van der Waals surface area contributed by atoms with Gasteiger partial charge in [0.05, 0.1) is 5.69 Å². The predicted octanol–water partition coefficient (Wildman–Crippen LogP) is 2.14. The van der Waals surface area contributed by atoms with Crippen LogP contribution in [0.1, 0.15) is 19.0 Å². The second-order valence-corrected chi connectivity index (χ2v) is 3.24. The van der Waals surface area contributed by atoms with E-state index in [1.54, 1.807) is 11.3 Å². The zero-order valence-corrected chi connectivity index (χ0v) is 7.95. The number of hydrogen-bond acceptors (Lipinski definition) is 3. The molecule has 12 heavy (non-hydrogen) atoms. The molecule has 0 aliphatic rings. The third-order valence-corrected chi connectivity index (χ3v) is 2.31. The fourth-order valence-corrected chi connectivity index (χ4v) is 1.61. The molecule has 2 nitrogen and oxygen atoms in total. The first kappa shape index (κ1) is 9.08. The summed E-state index contributed by atoms with van der Waals surface area (Å²) in [6.45, 7) is 2.91. The maximum Gasteiger partial charge on any atom is 0.182 e. The summed E-state index contributed by atoms with van der Waals surface area (Å²) in [7, 11) is 0. The Labute approximate surface area is 77.0 Å². The first-order chi connectivity index (χ1) is 5.86. The molecule has 64 valence electrons. The highest BCUT2D eigenvalue weighted by Crippen LogP contribution is 2.15. The molecule has 1 aromatic rings.